The minimum absolute atomic E-state index is 0.175. The van der Waals surface area contributed by atoms with Gasteiger partial charge in [-0.15, -0.1) is 0 Å². The molecule has 5 nitrogen and oxygen atoms in total. The zero-order chi connectivity index (χ0) is 13.8. The van der Waals surface area contributed by atoms with Crippen LogP contribution >= 0.6 is 0 Å². The molecule has 0 spiro atoms. The van der Waals surface area contributed by atoms with Crippen molar-refractivity contribution in [2.75, 3.05) is 7.11 Å². The fourth-order valence-corrected chi connectivity index (χ4v) is 1.73. The smallest absolute Gasteiger partial charge is 0.334 e. The SMILES string of the molecule is COC1=CC(=O)O[C@@H](/C=C/c2ccc(O)c(O)c2)C1. The van der Waals surface area contributed by atoms with Crippen LogP contribution in [0.3, 0.4) is 0 Å². The highest BCUT2D eigenvalue weighted by Gasteiger charge is 2.19. The Morgan fingerprint density at radius 3 is 2.84 bits per heavy atom. The van der Waals surface area contributed by atoms with Gasteiger partial charge in [0.05, 0.1) is 13.2 Å². The van der Waals surface area contributed by atoms with Gasteiger partial charge in [-0.05, 0) is 23.8 Å². The lowest BCUT2D eigenvalue weighted by molar-refractivity contribution is -0.142. The Morgan fingerprint density at radius 2 is 2.16 bits per heavy atom. The highest BCUT2D eigenvalue weighted by molar-refractivity contribution is 5.83. The molecule has 1 aliphatic heterocycles. The molecule has 2 N–H and O–H groups in total. The van der Waals surface area contributed by atoms with Gasteiger partial charge in [0.1, 0.15) is 11.9 Å². The Hall–Kier alpha value is -2.43. The molecule has 1 aliphatic rings. The molecule has 1 aromatic carbocycles. The minimum atomic E-state index is -0.439. The summed E-state index contributed by atoms with van der Waals surface area (Å²) in [5.74, 6) is -0.239. The summed E-state index contributed by atoms with van der Waals surface area (Å²) in [7, 11) is 1.50. The topological polar surface area (TPSA) is 76.0 Å². The summed E-state index contributed by atoms with van der Waals surface area (Å²) in [6.07, 6.45) is 4.80. The van der Waals surface area contributed by atoms with E-state index in [-0.39, 0.29) is 11.5 Å². The number of methoxy groups -OCH3 is 1. The van der Waals surface area contributed by atoms with Gasteiger partial charge < -0.3 is 19.7 Å². The third-order valence-corrected chi connectivity index (χ3v) is 2.71. The van der Waals surface area contributed by atoms with Crippen LogP contribution in [-0.2, 0) is 14.3 Å². The summed E-state index contributed by atoms with van der Waals surface area (Å²) in [6, 6.07) is 4.45. The Labute approximate surface area is 110 Å². The molecule has 100 valence electrons. The summed E-state index contributed by atoms with van der Waals surface area (Å²) in [5.41, 5.74) is 0.694. The number of benzene rings is 1. The predicted octanol–water partition coefficient (Wildman–Crippen LogP) is 1.96. The number of hydrogen-bond acceptors (Lipinski definition) is 5. The summed E-state index contributed by atoms with van der Waals surface area (Å²) in [6.45, 7) is 0. The van der Waals surface area contributed by atoms with Crippen LogP contribution in [-0.4, -0.2) is 29.4 Å². The van der Waals surface area contributed by atoms with Crippen molar-refractivity contribution >= 4 is 12.0 Å². The first-order valence-electron chi connectivity index (χ1n) is 5.74. The van der Waals surface area contributed by atoms with Crippen LogP contribution in [0.2, 0.25) is 0 Å². The maximum absolute atomic E-state index is 11.3. The van der Waals surface area contributed by atoms with Crippen LogP contribution in [0.25, 0.3) is 6.08 Å². The molecule has 1 heterocycles. The number of phenolic OH excluding ortho intramolecular Hbond substituents is 2. The lowest BCUT2D eigenvalue weighted by Gasteiger charge is -2.19. The summed E-state index contributed by atoms with van der Waals surface area (Å²) >= 11 is 0. The van der Waals surface area contributed by atoms with Crippen LogP contribution in [0, 0.1) is 0 Å². The minimum Gasteiger partial charge on any atom is -0.504 e. The van der Waals surface area contributed by atoms with Gasteiger partial charge in [-0.1, -0.05) is 12.1 Å². The maximum atomic E-state index is 11.3. The Bertz CT molecular complexity index is 545. The van der Waals surface area contributed by atoms with Gasteiger partial charge in [-0.3, -0.25) is 0 Å². The number of aromatic hydroxyl groups is 2. The van der Waals surface area contributed by atoms with Gasteiger partial charge >= 0.3 is 5.97 Å². The molecular formula is C14H14O5. The van der Waals surface area contributed by atoms with Crippen molar-refractivity contribution in [3.8, 4) is 11.5 Å². The second-order valence-electron chi connectivity index (χ2n) is 4.10. The van der Waals surface area contributed by atoms with E-state index in [9.17, 15) is 15.0 Å². The van der Waals surface area contributed by atoms with Gasteiger partial charge in [-0.2, -0.15) is 0 Å². The number of phenols is 2. The van der Waals surface area contributed by atoms with Crippen LogP contribution in [0.15, 0.2) is 36.1 Å². The fourth-order valence-electron chi connectivity index (χ4n) is 1.73. The van der Waals surface area contributed by atoms with E-state index in [1.165, 1.54) is 25.3 Å². The second kappa shape index (κ2) is 5.48. The Morgan fingerprint density at radius 1 is 1.37 bits per heavy atom. The van der Waals surface area contributed by atoms with Crippen molar-refractivity contribution in [2.24, 2.45) is 0 Å². The molecule has 0 saturated heterocycles. The maximum Gasteiger partial charge on any atom is 0.334 e. The number of carbonyl (C=O) groups is 1. The third-order valence-electron chi connectivity index (χ3n) is 2.71. The Kier molecular flexibility index (Phi) is 3.75. The molecule has 5 heteroatoms. The summed E-state index contributed by atoms with van der Waals surface area (Å²) in [4.78, 5) is 11.3. The summed E-state index contributed by atoms with van der Waals surface area (Å²) in [5, 5.41) is 18.6. The molecule has 0 unspecified atom stereocenters. The van der Waals surface area contributed by atoms with Crippen LogP contribution < -0.4 is 0 Å². The van der Waals surface area contributed by atoms with Gasteiger partial charge in [0, 0.05) is 6.42 Å². The first kappa shape index (κ1) is 13.0. The van der Waals surface area contributed by atoms with Crippen LogP contribution in [0.1, 0.15) is 12.0 Å². The number of carbonyl (C=O) groups excluding carboxylic acids is 1. The molecule has 0 aliphatic carbocycles. The van der Waals surface area contributed by atoms with Gasteiger partial charge in [0.25, 0.3) is 0 Å². The van der Waals surface area contributed by atoms with E-state index < -0.39 is 12.1 Å². The van der Waals surface area contributed by atoms with Gasteiger partial charge in [-0.25, -0.2) is 4.79 Å². The normalized spacial score (nSPS) is 19.1. The highest BCUT2D eigenvalue weighted by Crippen LogP contribution is 2.26. The largest absolute Gasteiger partial charge is 0.504 e. The standard InChI is InChI=1S/C14H14O5/c1-18-11-7-10(19-14(17)8-11)4-2-9-3-5-12(15)13(16)6-9/h2-6,8,10,15-16H,7H2,1H3/b4-2+/t10-/m0/s1. The number of ether oxygens (including phenoxy) is 2. The molecular weight excluding hydrogens is 248 g/mol. The number of hydrogen-bond donors (Lipinski definition) is 2. The van der Waals surface area contributed by atoms with Crippen LogP contribution in [0.5, 0.6) is 11.5 Å². The van der Waals surface area contributed by atoms with E-state index in [2.05, 4.69) is 0 Å². The van der Waals surface area contributed by atoms with E-state index in [0.717, 1.165) is 0 Å². The van der Waals surface area contributed by atoms with E-state index in [1.54, 1.807) is 18.2 Å². The summed E-state index contributed by atoms with van der Waals surface area (Å²) < 4.78 is 10.1. The van der Waals surface area contributed by atoms with Crippen molar-refractivity contribution in [3.05, 3.63) is 41.7 Å². The lowest BCUT2D eigenvalue weighted by atomic mass is 10.1. The van der Waals surface area contributed by atoms with Gasteiger partial charge in [0.15, 0.2) is 11.5 Å². The van der Waals surface area contributed by atoms with Crippen molar-refractivity contribution < 1.29 is 24.5 Å². The van der Waals surface area contributed by atoms with Crippen molar-refractivity contribution in [3.63, 3.8) is 0 Å². The second-order valence-corrected chi connectivity index (χ2v) is 4.10. The number of rotatable bonds is 3. The monoisotopic (exact) mass is 262 g/mol. The van der Waals surface area contributed by atoms with E-state index >= 15 is 0 Å². The molecule has 0 saturated carbocycles. The van der Waals surface area contributed by atoms with Crippen molar-refractivity contribution in [1.29, 1.82) is 0 Å². The average Bonchev–Trinajstić information content (AvgIpc) is 2.39. The average molecular weight is 262 g/mol. The quantitative estimate of drug-likeness (QED) is 0.643. The van der Waals surface area contributed by atoms with Gasteiger partial charge in [0.2, 0.25) is 0 Å². The number of esters is 1. The fraction of sp³-hybridized carbons (Fsp3) is 0.214. The lowest BCUT2D eigenvalue weighted by Crippen LogP contribution is -2.21. The van der Waals surface area contributed by atoms with E-state index in [0.29, 0.717) is 17.7 Å². The van der Waals surface area contributed by atoms with E-state index in [1.807, 2.05) is 0 Å². The predicted molar refractivity (Wildman–Crippen MR) is 68.4 cm³/mol. The van der Waals surface area contributed by atoms with E-state index in [4.69, 9.17) is 9.47 Å². The third kappa shape index (κ3) is 3.28. The molecule has 0 amide bonds. The van der Waals surface area contributed by atoms with Crippen molar-refractivity contribution in [2.45, 2.75) is 12.5 Å². The molecule has 2 rings (SSSR count). The molecule has 1 aromatic rings. The molecule has 19 heavy (non-hydrogen) atoms. The highest BCUT2D eigenvalue weighted by atomic mass is 16.5. The molecule has 0 aromatic heterocycles. The zero-order valence-corrected chi connectivity index (χ0v) is 10.4. The first-order valence-corrected chi connectivity index (χ1v) is 5.74. The molecule has 1 atom stereocenters. The van der Waals surface area contributed by atoms with Crippen LogP contribution in [0.4, 0.5) is 0 Å². The zero-order valence-electron chi connectivity index (χ0n) is 10.4. The molecule has 0 fully saturated rings. The number of cyclic esters (lactones) is 1. The molecule has 0 bridgehead atoms. The van der Waals surface area contributed by atoms with Crippen molar-refractivity contribution in [1.82, 2.24) is 0 Å². The molecule has 0 radical (unpaired) electrons. The first-order chi connectivity index (χ1) is 9.08. The Balaban J connectivity index is 2.08.